The van der Waals surface area contributed by atoms with Gasteiger partial charge in [0, 0.05) is 24.9 Å². The van der Waals surface area contributed by atoms with Gasteiger partial charge in [-0.25, -0.2) is 9.98 Å². The zero-order valence-electron chi connectivity index (χ0n) is 13.2. The number of nitrogens with one attached hydrogen (secondary N) is 2. The Bertz CT molecular complexity index is 653. The van der Waals surface area contributed by atoms with Crippen LogP contribution in [-0.4, -0.2) is 24.0 Å². The van der Waals surface area contributed by atoms with Gasteiger partial charge in [-0.15, -0.1) is 11.3 Å². The molecule has 0 amide bonds. The highest BCUT2D eigenvalue weighted by atomic mass is 32.1. The van der Waals surface area contributed by atoms with Crippen molar-refractivity contribution in [3.05, 3.63) is 52.0 Å². The van der Waals surface area contributed by atoms with Crippen LogP contribution in [0, 0.1) is 0 Å². The van der Waals surface area contributed by atoms with Gasteiger partial charge in [0.15, 0.2) is 11.7 Å². The van der Waals surface area contributed by atoms with Crippen molar-refractivity contribution in [2.75, 3.05) is 13.1 Å². The number of aromatic nitrogens is 1. The molecule has 1 aromatic carbocycles. The van der Waals surface area contributed by atoms with Gasteiger partial charge in [0.05, 0.1) is 11.6 Å². The van der Waals surface area contributed by atoms with E-state index in [4.69, 9.17) is 0 Å². The highest BCUT2D eigenvalue weighted by molar-refractivity contribution is 7.09. The summed E-state index contributed by atoms with van der Waals surface area (Å²) in [6.45, 7) is 3.66. The van der Waals surface area contributed by atoms with E-state index in [2.05, 4.69) is 20.6 Å². The zero-order chi connectivity index (χ0) is 17.4. The van der Waals surface area contributed by atoms with Crippen molar-refractivity contribution in [1.29, 1.82) is 0 Å². The second-order valence-electron chi connectivity index (χ2n) is 4.98. The zero-order valence-corrected chi connectivity index (χ0v) is 14.0. The summed E-state index contributed by atoms with van der Waals surface area (Å²) < 4.78 is 37.5. The van der Waals surface area contributed by atoms with Crippen molar-refractivity contribution < 1.29 is 13.2 Å². The topological polar surface area (TPSA) is 49.3 Å². The Morgan fingerprint density at radius 1 is 1.21 bits per heavy atom. The molecule has 0 unspecified atom stereocenters. The van der Waals surface area contributed by atoms with E-state index in [1.165, 1.54) is 0 Å². The maximum atomic E-state index is 12.5. The molecule has 0 bridgehead atoms. The van der Waals surface area contributed by atoms with Crippen LogP contribution >= 0.6 is 11.3 Å². The Balaban J connectivity index is 1.86. The third kappa shape index (κ3) is 5.84. The first-order valence-corrected chi connectivity index (χ1v) is 8.44. The molecule has 130 valence electrons. The van der Waals surface area contributed by atoms with E-state index in [9.17, 15) is 13.2 Å². The Kier molecular flexibility index (Phi) is 6.60. The molecule has 2 rings (SSSR count). The average Bonchev–Trinajstić information content (AvgIpc) is 3.03. The van der Waals surface area contributed by atoms with Gasteiger partial charge < -0.3 is 10.6 Å². The average molecular weight is 356 g/mol. The summed E-state index contributed by atoms with van der Waals surface area (Å²) in [7, 11) is 0. The first kappa shape index (κ1) is 18.3. The van der Waals surface area contributed by atoms with E-state index in [0.29, 0.717) is 37.0 Å². The molecule has 24 heavy (non-hydrogen) atoms. The monoisotopic (exact) mass is 356 g/mol. The second-order valence-corrected chi connectivity index (χ2v) is 5.92. The SMILES string of the molecule is CCNC(=NCc1ccccc1)NCCc1nc(C(F)(F)F)cs1. The van der Waals surface area contributed by atoms with Crippen LogP contribution in [0.15, 0.2) is 40.7 Å². The lowest BCUT2D eigenvalue weighted by molar-refractivity contribution is -0.140. The van der Waals surface area contributed by atoms with Gasteiger partial charge >= 0.3 is 6.18 Å². The number of guanidine groups is 1. The van der Waals surface area contributed by atoms with Crippen LogP contribution in [0.5, 0.6) is 0 Å². The molecule has 2 aromatic rings. The minimum atomic E-state index is -4.38. The molecule has 4 nitrogen and oxygen atoms in total. The van der Waals surface area contributed by atoms with Crippen LogP contribution < -0.4 is 10.6 Å². The summed E-state index contributed by atoms with van der Waals surface area (Å²) in [6, 6.07) is 9.82. The number of hydrogen-bond donors (Lipinski definition) is 2. The fourth-order valence-corrected chi connectivity index (χ4v) is 2.74. The molecule has 8 heteroatoms. The number of aliphatic imine (C=N–C) groups is 1. The Morgan fingerprint density at radius 3 is 2.58 bits per heavy atom. The van der Waals surface area contributed by atoms with Crippen molar-refractivity contribution in [2.24, 2.45) is 4.99 Å². The first-order valence-electron chi connectivity index (χ1n) is 7.56. The molecule has 2 N–H and O–H groups in total. The molecule has 0 atom stereocenters. The Morgan fingerprint density at radius 2 is 1.96 bits per heavy atom. The van der Waals surface area contributed by atoms with E-state index in [0.717, 1.165) is 22.3 Å². The Hall–Kier alpha value is -2.09. The molecule has 0 aliphatic carbocycles. The third-order valence-electron chi connectivity index (χ3n) is 3.08. The highest BCUT2D eigenvalue weighted by Gasteiger charge is 2.33. The lowest BCUT2D eigenvalue weighted by Crippen LogP contribution is -2.38. The van der Waals surface area contributed by atoms with Gasteiger partial charge in [-0.1, -0.05) is 30.3 Å². The second kappa shape index (κ2) is 8.68. The summed E-state index contributed by atoms with van der Waals surface area (Å²) >= 11 is 1.02. The van der Waals surface area contributed by atoms with Gasteiger partial charge in [0.1, 0.15) is 0 Å². The van der Waals surface area contributed by atoms with Gasteiger partial charge in [-0.2, -0.15) is 13.2 Å². The van der Waals surface area contributed by atoms with Gasteiger partial charge in [-0.05, 0) is 12.5 Å². The number of thiazole rings is 1. The van der Waals surface area contributed by atoms with E-state index in [1.54, 1.807) is 0 Å². The number of rotatable bonds is 6. The molecule has 0 fully saturated rings. The minimum Gasteiger partial charge on any atom is -0.357 e. The molecule has 0 aliphatic heterocycles. The quantitative estimate of drug-likeness (QED) is 0.616. The molecule has 0 saturated carbocycles. The van der Waals surface area contributed by atoms with Crippen molar-refractivity contribution in [3.63, 3.8) is 0 Å². The molecule has 1 heterocycles. The van der Waals surface area contributed by atoms with E-state index >= 15 is 0 Å². The van der Waals surface area contributed by atoms with E-state index in [1.807, 2.05) is 37.3 Å². The van der Waals surface area contributed by atoms with Crippen molar-refractivity contribution in [1.82, 2.24) is 15.6 Å². The van der Waals surface area contributed by atoms with E-state index in [-0.39, 0.29) is 0 Å². The summed E-state index contributed by atoms with van der Waals surface area (Å²) in [6.07, 6.45) is -3.97. The number of hydrogen-bond acceptors (Lipinski definition) is 3. The largest absolute Gasteiger partial charge is 0.434 e. The van der Waals surface area contributed by atoms with Gasteiger partial charge in [-0.3, -0.25) is 0 Å². The van der Waals surface area contributed by atoms with Crippen molar-refractivity contribution in [3.8, 4) is 0 Å². The number of benzene rings is 1. The molecule has 1 aromatic heterocycles. The number of halogens is 3. The third-order valence-corrected chi connectivity index (χ3v) is 3.99. The van der Waals surface area contributed by atoms with Gasteiger partial charge in [0.25, 0.3) is 0 Å². The molecule has 0 saturated heterocycles. The van der Waals surface area contributed by atoms with Crippen LogP contribution in [0.1, 0.15) is 23.2 Å². The summed E-state index contributed by atoms with van der Waals surface area (Å²) in [5.41, 5.74) is 0.261. The summed E-state index contributed by atoms with van der Waals surface area (Å²) in [4.78, 5) is 8.07. The van der Waals surface area contributed by atoms with E-state index < -0.39 is 11.9 Å². The molecule has 0 spiro atoms. The lowest BCUT2D eigenvalue weighted by Gasteiger charge is -2.10. The lowest BCUT2D eigenvalue weighted by atomic mass is 10.2. The predicted octanol–water partition coefficient (Wildman–Crippen LogP) is 3.46. The minimum absolute atomic E-state index is 0.413. The van der Waals surface area contributed by atoms with Crippen LogP contribution in [0.25, 0.3) is 0 Å². The fraction of sp³-hybridized carbons (Fsp3) is 0.375. The van der Waals surface area contributed by atoms with Crippen LogP contribution in [0.4, 0.5) is 13.2 Å². The fourth-order valence-electron chi connectivity index (χ4n) is 1.94. The maximum Gasteiger partial charge on any atom is 0.434 e. The van der Waals surface area contributed by atoms with Gasteiger partial charge in [0.2, 0.25) is 0 Å². The highest BCUT2D eigenvalue weighted by Crippen LogP contribution is 2.29. The molecular weight excluding hydrogens is 337 g/mol. The maximum absolute atomic E-state index is 12.5. The van der Waals surface area contributed by atoms with Crippen LogP contribution in [0.2, 0.25) is 0 Å². The Labute approximate surface area is 142 Å². The van der Waals surface area contributed by atoms with Crippen molar-refractivity contribution in [2.45, 2.75) is 26.1 Å². The normalized spacial score (nSPS) is 12.2. The summed E-state index contributed by atoms with van der Waals surface area (Å²) in [5, 5.41) is 7.72. The van der Waals surface area contributed by atoms with Crippen LogP contribution in [-0.2, 0) is 19.1 Å². The molecular formula is C16H19F3N4S. The summed E-state index contributed by atoms with van der Waals surface area (Å²) in [5.74, 6) is 0.633. The predicted molar refractivity (Wildman–Crippen MR) is 90.1 cm³/mol. The number of nitrogens with zero attached hydrogens (tertiary/aromatic N) is 2. The number of alkyl halides is 3. The molecule has 0 aliphatic rings. The van der Waals surface area contributed by atoms with Crippen molar-refractivity contribution >= 4 is 17.3 Å². The standard InChI is InChI=1S/C16H19F3N4S/c1-2-20-15(22-10-12-6-4-3-5-7-12)21-9-8-14-23-13(11-24-14)16(17,18)19/h3-7,11H,2,8-10H2,1H3,(H2,20,21,22). The smallest absolute Gasteiger partial charge is 0.357 e. The first-order chi connectivity index (χ1) is 11.5. The molecule has 0 radical (unpaired) electrons. The van der Waals surface area contributed by atoms with Crippen LogP contribution in [0.3, 0.4) is 0 Å².